The summed E-state index contributed by atoms with van der Waals surface area (Å²) >= 11 is 5.90. The van der Waals surface area contributed by atoms with Crippen LogP contribution in [0.15, 0.2) is 23.1 Å². The van der Waals surface area contributed by atoms with Crippen molar-refractivity contribution in [1.82, 2.24) is 16.2 Å². The number of rotatable bonds is 6. The number of benzene rings is 1. The average molecular weight is 347 g/mol. The first kappa shape index (κ1) is 18.6. The van der Waals surface area contributed by atoms with Gasteiger partial charge in [-0.25, -0.2) is 8.78 Å². The number of carbonyl (C=O) groups excluding carboxylic acids is 1. The SMILES string of the molecule is CC(C)CCNC(=S)NNC(=O)CSc1cc(F)ccc1F. The molecule has 0 heterocycles. The van der Waals surface area contributed by atoms with Gasteiger partial charge in [0.25, 0.3) is 0 Å². The van der Waals surface area contributed by atoms with Crippen LogP contribution in [0.25, 0.3) is 0 Å². The van der Waals surface area contributed by atoms with Gasteiger partial charge in [-0.3, -0.25) is 15.6 Å². The number of halogens is 2. The number of carbonyl (C=O) groups is 1. The Kier molecular flexibility index (Phi) is 8.11. The van der Waals surface area contributed by atoms with E-state index in [2.05, 4.69) is 30.0 Å². The highest BCUT2D eigenvalue weighted by Gasteiger charge is 2.08. The number of amides is 1. The molecule has 0 unspecified atom stereocenters. The quantitative estimate of drug-likeness (QED) is 0.420. The fourth-order valence-corrected chi connectivity index (χ4v) is 2.33. The van der Waals surface area contributed by atoms with Crippen molar-refractivity contribution in [3.05, 3.63) is 29.8 Å². The van der Waals surface area contributed by atoms with E-state index < -0.39 is 11.6 Å². The van der Waals surface area contributed by atoms with E-state index in [0.717, 1.165) is 36.4 Å². The third-order valence-electron chi connectivity index (χ3n) is 2.57. The second-order valence-electron chi connectivity index (χ2n) is 4.98. The number of hydrogen-bond donors (Lipinski definition) is 3. The molecule has 0 aliphatic rings. The normalized spacial score (nSPS) is 10.4. The molecule has 0 aromatic heterocycles. The molecule has 0 bridgehead atoms. The second kappa shape index (κ2) is 9.58. The maximum Gasteiger partial charge on any atom is 0.248 e. The van der Waals surface area contributed by atoms with Gasteiger partial charge in [0.15, 0.2) is 5.11 Å². The standard InChI is InChI=1S/C14H19F2N3OS2/c1-9(2)5-6-17-14(21)19-18-13(20)8-22-12-7-10(15)3-4-11(12)16/h3-4,7,9H,5-6,8H2,1-2H3,(H,18,20)(H2,17,19,21). The van der Waals surface area contributed by atoms with Gasteiger partial charge in [0, 0.05) is 11.4 Å². The monoisotopic (exact) mass is 347 g/mol. The van der Waals surface area contributed by atoms with Crippen molar-refractivity contribution in [1.29, 1.82) is 0 Å². The number of nitrogens with one attached hydrogen (secondary N) is 3. The predicted molar refractivity (Wildman–Crippen MR) is 88.4 cm³/mol. The fraction of sp³-hybridized carbons (Fsp3) is 0.429. The van der Waals surface area contributed by atoms with Gasteiger partial charge >= 0.3 is 0 Å². The summed E-state index contributed by atoms with van der Waals surface area (Å²) < 4.78 is 26.4. The van der Waals surface area contributed by atoms with E-state index in [4.69, 9.17) is 12.2 Å². The molecule has 0 saturated carbocycles. The summed E-state index contributed by atoms with van der Waals surface area (Å²) in [6, 6.07) is 3.11. The van der Waals surface area contributed by atoms with E-state index in [9.17, 15) is 13.6 Å². The van der Waals surface area contributed by atoms with Crippen LogP contribution in [0.4, 0.5) is 8.78 Å². The van der Waals surface area contributed by atoms with Crippen LogP contribution in [-0.4, -0.2) is 23.3 Å². The number of thioether (sulfide) groups is 1. The van der Waals surface area contributed by atoms with Crippen molar-refractivity contribution in [2.75, 3.05) is 12.3 Å². The van der Waals surface area contributed by atoms with Gasteiger partial charge in [-0.1, -0.05) is 13.8 Å². The lowest BCUT2D eigenvalue weighted by Crippen LogP contribution is -2.47. The molecule has 0 spiro atoms. The predicted octanol–water partition coefficient (Wildman–Crippen LogP) is 2.60. The van der Waals surface area contributed by atoms with Crippen LogP contribution in [0.5, 0.6) is 0 Å². The summed E-state index contributed by atoms with van der Waals surface area (Å²) in [4.78, 5) is 11.7. The molecule has 0 aliphatic heterocycles. The minimum atomic E-state index is -0.557. The molecule has 1 aromatic carbocycles. The Morgan fingerprint density at radius 2 is 2.05 bits per heavy atom. The largest absolute Gasteiger partial charge is 0.361 e. The summed E-state index contributed by atoms with van der Waals surface area (Å²) in [5.41, 5.74) is 4.95. The van der Waals surface area contributed by atoms with Crippen LogP contribution in [0.3, 0.4) is 0 Å². The minimum absolute atomic E-state index is 0.0536. The van der Waals surface area contributed by atoms with E-state index in [1.165, 1.54) is 0 Å². The van der Waals surface area contributed by atoms with Gasteiger partial charge in [0.2, 0.25) is 5.91 Å². The molecular weight excluding hydrogens is 328 g/mol. The highest BCUT2D eigenvalue weighted by molar-refractivity contribution is 8.00. The van der Waals surface area contributed by atoms with Crippen LogP contribution < -0.4 is 16.2 Å². The van der Waals surface area contributed by atoms with Gasteiger partial charge in [-0.15, -0.1) is 11.8 Å². The first-order valence-corrected chi connectivity index (χ1v) is 8.18. The Balaban J connectivity index is 2.26. The van der Waals surface area contributed by atoms with Crippen molar-refractivity contribution in [3.63, 3.8) is 0 Å². The number of hydrogen-bond acceptors (Lipinski definition) is 3. The van der Waals surface area contributed by atoms with Crippen LogP contribution in [0.2, 0.25) is 0 Å². The van der Waals surface area contributed by atoms with Gasteiger partial charge < -0.3 is 5.32 Å². The van der Waals surface area contributed by atoms with Gasteiger partial charge in [-0.2, -0.15) is 0 Å². The molecule has 0 radical (unpaired) electrons. The topological polar surface area (TPSA) is 53.2 Å². The van der Waals surface area contributed by atoms with Gasteiger partial charge in [0.1, 0.15) is 11.6 Å². The van der Waals surface area contributed by atoms with Crippen LogP contribution in [0, 0.1) is 17.6 Å². The second-order valence-corrected chi connectivity index (χ2v) is 6.40. The molecular formula is C14H19F2N3OS2. The molecule has 3 N–H and O–H groups in total. The molecule has 1 amide bonds. The molecule has 122 valence electrons. The maximum absolute atomic E-state index is 13.4. The molecule has 4 nitrogen and oxygen atoms in total. The van der Waals surface area contributed by atoms with Gasteiger partial charge in [-0.05, 0) is 42.8 Å². The summed E-state index contributed by atoms with van der Waals surface area (Å²) in [6.45, 7) is 4.91. The average Bonchev–Trinajstić information content (AvgIpc) is 2.45. The van der Waals surface area contributed by atoms with Gasteiger partial charge in [0.05, 0.1) is 5.75 Å². The lowest BCUT2D eigenvalue weighted by molar-refractivity contribution is -0.119. The molecule has 1 rings (SSSR count). The Morgan fingerprint density at radius 1 is 1.32 bits per heavy atom. The smallest absolute Gasteiger partial charge is 0.248 e. The zero-order chi connectivity index (χ0) is 16.5. The molecule has 0 atom stereocenters. The molecule has 0 fully saturated rings. The Bertz CT molecular complexity index is 527. The Labute approximate surface area is 138 Å². The first-order valence-electron chi connectivity index (χ1n) is 6.79. The third kappa shape index (κ3) is 7.56. The summed E-state index contributed by atoms with van der Waals surface area (Å²) in [5.74, 6) is -0.984. The molecule has 0 saturated heterocycles. The number of thiocarbonyl (C=S) groups is 1. The minimum Gasteiger partial charge on any atom is -0.361 e. The van der Waals surface area contributed by atoms with Crippen molar-refractivity contribution in [2.24, 2.45) is 5.92 Å². The van der Waals surface area contributed by atoms with Crippen molar-refractivity contribution in [2.45, 2.75) is 25.2 Å². The maximum atomic E-state index is 13.4. The number of hydrazine groups is 1. The van der Waals surface area contributed by atoms with Crippen LogP contribution in [0.1, 0.15) is 20.3 Å². The summed E-state index contributed by atoms with van der Waals surface area (Å²) in [5, 5.41) is 3.26. The highest BCUT2D eigenvalue weighted by Crippen LogP contribution is 2.22. The molecule has 8 heteroatoms. The van der Waals surface area contributed by atoms with E-state index in [1.54, 1.807) is 0 Å². The Morgan fingerprint density at radius 3 is 2.73 bits per heavy atom. The van der Waals surface area contributed by atoms with Crippen molar-refractivity contribution < 1.29 is 13.6 Å². The highest BCUT2D eigenvalue weighted by atomic mass is 32.2. The lowest BCUT2D eigenvalue weighted by atomic mass is 10.1. The molecule has 1 aromatic rings. The third-order valence-corrected chi connectivity index (χ3v) is 3.85. The first-order chi connectivity index (χ1) is 10.4. The van der Waals surface area contributed by atoms with E-state index in [0.29, 0.717) is 17.6 Å². The van der Waals surface area contributed by atoms with E-state index in [1.807, 2.05) is 0 Å². The van der Waals surface area contributed by atoms with Crippen molar-refractivity contribution >= 4 is 35.0 Å². The summed E-state index contributed by atoms with van der Waals surface area (Å²) in [6.07, 6.45) is 0.963. The van der Waals surface area contributed by atoms with Crippen LogP contribution >= 0.6 is 24.0 Å². The van der Waals surface area contributed by atoms with Crippen molar-refractivity contribution in [3.8, 4) is 0 Å². The molecule has 0 aliphatic carbocycles. The lowest BCUT2D eigenvalue weighted by Gasteiger charge is -2.12. The molecule has 22 heavy (non-hydrogen) atoms. The zero-order valence-electron chi connectivity index (χ0n) is 12.4. The zero-order valence-corrected chi connectivity index (χ0v) is 14.0. The van der Waals surface area contributed by atoms with E-state index >= 15 is 0 Å². The van der Waals surface area contributed by atoms with E-state index in [-0.39, 0.29) is 16.6 Å². The summed E-state index contributed by atoms with van der Waals surface area (Å²) in [7, 11) is 0. The Hall–Kier alpha value is -1.41. The van der Waals surface area contributed by atoms with Crippen LogP contribution in [-0.2, 0) is 4.79 Å². The fourth-order valence-electron chi connectivity index (χ4n) is 1.41.